The summed E-state index contributed by atoms with van der Waals surface area (Å²) in [6.45, 7) is 8.57. The van der Waals surface area contributed by atoms with Crippen LogP contribution in [0.5, 0.6) is 0 Å². The van der Waals surface area contributed by atoms with Crippen LogP contribution < -0.4 is 0 Å². The molecular formula is C15H24O. The predicted molar refractivity (Wildman–Crippen MR) is 70.3 cm³/mol. The van der Waals surface area contributed by atoms with Gasteiger partial charge in [-0.15, -0.1) is 0 Å². The van der Waals surface area contributed by atoms with Crippen LogP contribution in [0.15, 0.2) is 35.1 Å². The number of rotatable bonds is 4. The van der Waals surface area contributed by atoms with Crippen molar-refractivity contribution in [3.8, 4) is 0 Å². The number of ether oxygens (including phenoxy) is 1. The van der Waals surface area contributed by atoms with Gasteiger partial charge in [0.2, 0.25) is 0 Å². The Morgan fingerprint density at radius 2 is 2.19 bits per heavy atom. The molecule has 1 nitrogen and oxygen atoms in total. The van der Waals surface area contributed by atoms with E-state index in [0.29, 0.717) is 6.10 Å². The normalized spacial score (nSPS) is 23.0. The molecule has 1 aliphatic rings. The van der Waals surface area contributed by atoms with Gasteiger partial charge in [-0.1, -0.05) is 30.2 Å². The number of hydrogen-bond donors (Lipinski definition) is 0. The maximum Gasteiger partial charge on any atom is 0.102 e. The minimum Gasteiger partial charge on any atom is -0.495 e. The van der Waals surface area contributed by atoms with E-state index >= 15 is 0 Å². The molecular weight excluding hydrogens is 196 g/mol. The molecule has 1 heteroatoms. The van der Waals surface area contributed by atoms with E-state index in [1.807, 2.05) is 6.92 Å². The molecule has 1 atom stereocenters. The Morgan fingerprint density at radius 1 is 1.44 bits per heavy atom. The van der Waals surface area contributed by atoms with Crippen molar-refractivity contribution in [2.45, 2.75) is 59.5 Å². The first-order valence-electron chi connectivity index (χ1n) is 6.28. The molecule has 0 heterocycles. The van der Waals surface area contributed by atoms with Crippen molar-refractivity contribution in [2.75, 3.05) is 0 Å². The summed E-state index contributed by atoms with van der Waals surface area (Å²) in [5.74, 6) is 1.03. The Morgan fingerprint density at radius 3 is 2.75 bits per heavy atom. The summed E-state index contributed by atoms with van der Waals surface area (Å²) in [5, 5.41) is 0. The summed E-state index contributed by atoms with van der Waals surface area (Å²) < 4.78 is 5.91. The highest BCUT2D eigenvalue weighted by molar-refractivity contribution is 5.12. The number of allylic oxidation sites excluding steroid dienone is 5. The maximum absolute atomic E-state index is 5.91. The lowest BCUT2D eigenvalue weighted by Crippen LogP contribution is -2.14. The SMILES string of the molecule is CC/C(C)=C\C=C(/C)OC1CC=C(C)CC1. The van der Waals surface area contributed by atoms with Gasteiger partial charge in [0.25, 0.3) is 0 Å². The third-order valence-corrected chi connectivity index (χ3v) is 3.10. The van der Waals surface area contributed by atoms with Crippen LogP contribution in [0.2, 0.25) is 0 Å². The van der Waals surface area contributed by atoms with Crippen LogP contribution in [0.25, 0.3) is 0 Å². The lowest BCUT2D eigenvalue weighted by atomic mass is 9.98. The van der Waals surface area contributed by atoms with Crippen molar-refractivity contribution in [3.05, 3.63) is 35.1 Å². The Hall–Kier alpha value is -0.980. The molecule has 0 aliphatic heterocycles. The summed E-state index contributed by atoms with van der Waals surface area (Å²) in [4.78, 5) is 0. The minimum atomic E-state index is 0.385. The number of hydrogen-bond acceptors (Lipinski definition) is 1. The summed E-state index contributed by atoms with van der Waals surface area (Å²) in [6, 6.07) is 0. The average molecular weight is 220 g/mol. The highest BCUT2D eigenvalue weighted by atomic mass is 16.5. The van der Waals surface area contributed by atoms with Gasteiger partial charge in [0.05, 0.1) is 5.76 Å². The topological polar surface area (TPSA) is 9.23 Å². The van der Waals surface area contributed by atoms with Crippen LogP contribution in [0, 0.1) is 0 Å². The molecule has 0 fully saturated rings. The highest BCUT2D eigenvalue weighted by Crippen LogP contribution is 2.21. The van der Waals surface area contributed by atoms with Gasteiger partial charge in [-0.25, -0.2) is 0 Å². The quantitative estimate of drug-likeness (QED) is 0.377. The Labute approximate surface area is 99.9 Å². The van der Waals surface area contributed by atoms with Crippen molar-refractivity contribution in [1.82, 2.24) is 0 Å². The Balaban J connectivity index is 2.43. The molecule has 0 radical (unpaired) electrons. The van der Waals surface area contributed by atoms with Crippen LogP contribution in [0.4, 0.5) is 0 Å². The molecule has 0 spiro atoms. The second-order valence-corrected chi connectivity index (χ2v) is 4.71. The third-order valence-electron chi connectivity index (χ3n) is 3.10. The molecule has 0 aromatic heterocycles. The van der Waals surface area contributed by atoms with Gasteiger partial charge in [-0.2, -0.15) is 0 Å². The fourth-order valence-corrected chi connectivity index (χ4v) is 1.73. The summed E-state index contributed by atoms with van der Waals surface area (Å²) in [7, 11) is 0. The second-order valence-electron chi connectivity index (χ2n) is 4.71. The largest absolute Gasteiger partial charge is 0.495 e. The van der Waals surface area contributed by atoms with E-state index in [1.54, 1.807) is 0 Å². The first-order chi connectivity index (χ1) is 7.61. The lowest BCUT2D eigenvalue weighted by Gasteiger charge is -2.22. The molecule has 0 bridgehead atoms. The molecule has 1 aliphatic carbocycles. The molecule has 0 saturated heterocycles. The summed E-state index contributed by atoms with van der Waals surface area (Å²) in [6.07, 6.45) is 11.4. The van der Waals surface area contributed by atoms with E-state index < -0.39 is 0 Å². The molecule has 0 N–H and O–H groups in total. The minimum absolute atomic E-state index is 0.385. The van der Waals surface area contributed by atoms with Gasteiger partial charge >= 0.3 is 0 Å². The van der Waals surface area contributed by atoms with Gasteiger partial charge in [0, 0.05) is 6.42 Å². The van der Waals surface area contributed by atoms with Crippen LogP contribution in [-0.2, 0) is 4.74 Å². The van der Waals surface area contributed by atoms with Crippen LogP contribution in [-0.4, -0.2) is 6.10 Å². The van der Waals surface area contributed by atoms with Gasteiger partial charge in [0.1, 0.15) is 6.10 Å². The van der Waals surface area contributed by atoms with E-state index in [0.717, 1.165) is 25.0 Å². The summed E-state index contributed by atoms with van der Waals surface area (Å²) in [5.41, 5.74) is 2.89. The molecule has 0 amide bonds. The van der Waals surface area contributed by atoms with Crippen molar-refractivity contribution < 1.29 is 4.74 Å². The van der Waals surface area contributed by atoms with Crippen molar-refractivity contribution in [3.63, 3.8) is 0 Å². The van der Waals surface area contributed by atoms with E-state index in [9.17, 15) is 0 Å². The zero-order valence-electron chi connectivity index (χ0n) is 11.0. The molecule has 1 unspecified atom stereocenters. The van der Waals surface area contributed by atoms with E-state index in [-0.39, 0.29) is 0 Å². The van der Waals surface area contributed by atoms with Crippen molar-refractivity contribution >= 4 is 0 Å². The smallest absolute Gasteiger partial charge is 0.102 e. The standard InChI is InChI=1S/C15H24O/c1-5-12(2)6-9-14(4)16-15-10-7-13(3)8-11-15/h6-7,9,15H,5,8,10-11H2,1-4H3/b12-6-,14-9+. The van der Waals surface area contributed by atoms with Crippen LogP contribution in [0.1, 0.15) is 53.4 Å². The van der Waals surface area contributed by atoms with E-state index in [1.165, 1.54) is 17.6 Å². The maximum atomic E-state index is 5.91. The summed E-state index contributed by atoms with van der Waals surface area (Å²) >= 11 is 0. The molecule has 0 aromatic rings. The molecule has 90 valence electrons. The lowest BCUT2D eigenvalue weighted by molar-refractivity contribution is 0.108. The first-order valence-corrected chi connectivity index (χ1v) is 6.28. The zero-order chi connectivity index (χ0) is 12.0. The average Bonchev–Trinajstić information content (AvgIpc) is 2.29. The second kappa shape index (κ2) is 6.57. The van der Waals surface area contributed by atoms with Crippen LogP contribution in [0.3, 0.4) is 0 Å². The Kier molecular flexibility index (Phi) is 5.37. The predicted octanol–water partition coefficient (Wildman–Crippen LogP) is 4.76. The zero-order valence-corrected chi connectivity index (χ0v) is 11.0. The molecule has 1 rings (SSSR count). The highest BCUT2D eigenvalue weighted by Gasteiger charge is 2.13. The Bertz CT molecular complexity index is 307. The first kappa shape index (κ1) is 13.1. The van der Waals surface area contributed by atoms with Crippen LogP contribution >= 0.6 is 0 Å². The molecule has 0 saturated carbocycles. The van der Waals surface area contributed by atoms with E-state index in [2.05, 4.69) is 39.0 Å². The third kappa shape index (κ3) is 4.69. The van der Waals surface area contributed by atoms with E-state index in [4.69, 9.17) is 4.74 Å². The fraction of sp³-hybridized carbons (Fsp3) is 0.600. The van der Waals surface area contributed by atoms with Crippen molar-refractivity contribution in [1.29, 1.82) is 0 Å². The van der Waals surface area contributed by atoms with Gasteiger partial charge in [-0.3, -0.25) is 0 Å². The monoisotopic (exact) mass is 220 g/mol. The molecule has 16 heavy (non-hydrogen) atoms. The molecule has 0 aromatic carbocycles. The van der Waals surface area contributed by atoms with Crippen molar-refractivity contribution in [2.24, 2.45) is 0 Å². The van der Waals surface area contributed by atoms with Gasteiger partial charge in [0.15, 0.2) is 0 Å². The fourth-order valence-electron chi connectivity index (χ4n) is 1.73. The van der Waals surface area contributed by atoms with Gasteiger partial charge in [-0.05, 0) is 46.1 Å². The van der Waals surface area contributed by atoms with Gasteiger partial charge < -0.3 is 4.74 Å².